The van der Waals surface area contributed by atoms with Gasteiger partial charge in [-0.05, 0) is 42.4 Å². The number of halogens is 2. The largest absolute Gasteiger partial charge is 0.367 e. The van der Waals surface area contributed by atoms with Crippen LogP contribution >= 0.6 is 11.6 Å². The molecule has 0 bridgehead atoms. The monoisotopic (exact) mass is 375 g/mol. The summed E-state index contributed by atoms with van der Waals surface area (Å²) in [6, 6.07) is 11.6. The molecule has 6 heteroatoms. The van der Waals surface area contributed by atoms with Crippen molar-refractivity contribution in [3.63, 3.8) is 0 Å². The number of amides is 1. The summed E-state index contributed by atoms with van der Waals surface area (Å²) in [5, 5.41) is 3.51. The maximum Gasteiger partial charge on any atom is 0.228 e. The molecule has 1 aliphatic rings. The molecule has 1 fully saturated rings. The molecule has 0 aliphatic carbocycles. The standard InChI is InChI=1S/C20H23ClFN3O/c1-2-24-8-10-25(11-9-24)19-7-6-16(21)14-18(19)23-20(26)13-15-4-3-5-17(22)12-15/h3-7,12,14H,2,8-11,13H2,1H3,(H,23,26). The fraction of sp³-hybridized carbons (Fsp3) is 0.350. The molecular weight excluding hydrogens is 353 g/mol. The third-order valence-electron chi connectivity index (χ3n) is 4.65. The summed E-state index contributed by atoms with van der Waals surface area (Å²) in [5.74, 6) is -0.529. The molecule has 0 aromatic heterocycles. The number of piperazine rings is 1. The molecule has 26 heavy (non-hydrogen) atoms. The number of carbonyl (C=O) groups is 1. The molecule has 1 amide bonds. The van der Waals surface area contributed by atoms with Crippen LogP contribution in [0.25, 0.3) is 0 Å². The quantitative estimate of drug-likeness (QED) is 0.863. The van der Waals surface area contributed by atoms with Crippen LogP contribution in [0.3, 0.4) is 0 Å². The van der Waals surface area contributed by atoms with E-state index in [-0.39, 0.29) is 18.1 Å². The Bertz CT molecular complexity index is 775. The molecule has 1 N–H and O–H groups in total. The van der Waals surface area contributed by atoms with Gasteiger partial charge < -0.3 is 15.1 Å². The SMILES string of the molecule is CCN1CCN(c2ccc(Cl)cc2NC(=O)Cc2cccc(F)c2)CC1. The van der Waals surface area contributed by atoms with Crippen LogP contribution in [0, 0.1) is 5.82 Å². The Hall–Kier alpha value is -2.11. The van der Waals surface area contributed by atoms with E-state index < -0.39 is 0 Å². The summed E-state index contributed by atoms with van der Waals surface area (Å²) in [5.41, 5.74) is 2.31. The summed E-state index contributed by atoms with van der Waals surface area (Å²) in [6.45, 7) is 7.01. The Kier molecular flexibility index (Phi) is 6.12. The smallest absolute Gasteiger partial charge is 0.228 e. The van der Waals surface area contributed by atoms with Crippen LogP contribution in [-0.2, 0) is 11.2 Å². The molecule has 2 aromatic carbocycles. The van der Waals surface area contributed by atoms with E-state index in [9.17, 15) is 9.18 Å². The van der Waals surface area contributed by atoms with Crippen LogP contribution in [0.15, 0.2) is 42.5 Å². The van der Waals surface area contributed by atoms with E-state index in [1.165, 1.54) is 12.1 Å². The molecule has 0 radical (unpaired) electrons. The van der Waals surface area contributed by atoms with E-state index in [4.69, 9.17) is 11.6 Å². The van der Waals surface area contributed by atoms with Gasteiger partial charge in [-0.3, -0.25) is 4.79 Å². The lowest BCUT2D eigenvalue weighted by molar-refractivity contribution is -0.115. The second kappa shape index (κ2) is 8.52. The van der Waals surface area contributed by atoms with E-state index in [2.05, 4.69) is 22.0 Å². The number of nitrogens with one attached hydrogen (secondary N) is 1. The predicted octanol–water partition coefficient (Wildman–Crippen LogP) is 3.80. The summed E-state index contributed by atoms with van der Waals surface area (Å²) in [6.07, 6.45) is 0.118. The van der Waals surface area contributed by atoms with Gasteiger partial charge >= 0.3 is 0 Å². The van der Waals surface area contributed by atoms with Gasteiger partial charge in [0.05, 0.1) is 17.8 Å². The predicted molar refractivity (Wildman–Crippen MR) is 105 cm³/mol. The Morgan fingerprint density at radius 1 is 1.15 bits per heavy atom. The molecule has 0 atom stereocenters. The van der Waals surface area contributed by atoms with E-state index in [0.717, 1.165) is 38.4 Å². The molecule has 4 nitrogen and oxygen atoms in total. The van der Waals surface area contributed by atoms with Crippen LogP contribution in [-0.4, -0.2) is 43.5 Å². The minimum absolute atomic E-state index is 0.118. The summed E-state index contributed by atoms with van der Waals surface area (Å²) < 4.78 is 13.3. The number of hydrogen-bond donors (Lipinski definition) is 1. The summed E-state index contributed by atoms with van der Waals surface area (Å²) in [4.78, 5) is 17.1. The molecule has 3 rings (SSSR count). The zero-order valence-electron chi connectivity index (χ0n) is 14.8. The highest BCUT2D eigenvalue weighted by molar-refractivity contribution is 6.31. The van der Waals surface area contributed by atoms with E-state index in [1.807, 2.05) is 12.1 Å². The normalized spacial score (nSPS) is 15.1. The Morgan fingerprint density at radius 2 is 1.92 bits per heavy atom. The van der Waals surface area contributed by atoms with Crippen molar-refractivity contribution >= 4 is 28.9 Å². The highest BCUT2D eigenvalue weighted by Gasteiger charge is 2.19. The number of rotatable bonds is 5. The average molecular weight is 376 g/mol. The number of anilines is 2. The van der Waals surface area contributed by atoms with Gasteiger partial charge in [0.25, 0.3) is 0 Å². The Labute approximate surface area is 158 Å². The van der Waals surface area contributed by atoms with Crippen LogP contribution in [0.5, 0.6) is 0 Å². The van der Waals surface area contributed by atoms with Crippen molar-refractivity contribution < 1.29 is 9.18 Å². The highest BCUT2D eigenvalue weighted by atomic mass is 35.5. The Morgan fingerprint density at radius 3 is 2.62 bits per heavy atom. The number of likely N-dealkylation sites (N-methyl/N-ethyl adjacent to an activating group) is 1. The molecule has 1 aliphatic heterocycles. The van der Waals surface area contributed by atoms with Gasteiger partial charge in [0.15, 0.2) is 0 Å². The van der Waals surface area contributed by atoms with Crippen molar-refractivity contribution in [2.24, 2.45) is 0 Å². The molecule has 2 aromatic rings. The van der Waals surface area contributed by atoms with Crippen LogP contribution in [0.4, 0.5) is 15.8 Å². The fourth-order valence-corrected chi connectivity index (χ4v) is 3.39. The van der Waals surface area contributed by atoms with Crippen molar-refractivity contribution in [3.05, 3.63) is 58.9 Å². The van der Waals surface area contributed by atoms with E-state index >= 15 is 0 Å². The van der Waals surface area contributed by atoms with Gasteiger partial charge in [-0.15, -0.1) is 0 Å². The molecule has 0 saturated carbocycles. The lowest BCUT2D eigenvalue weighted by Gasteiger charge is -2.36. The molecular formula is C20H23ClFN3O. The van der Waals surface area contributed by atoms with Crippen molar-refractivity contribution in [1.82, 2.24) is 4.90 Å². The van der Waals surface area contributed by atoms with Gasteiger partial charge in [-0.1, -0.05) is 30.7 Å². The highest BCUT2D eigenvalue weighted by Crippen LogP contribution is 2.30. The third kappa shape index (κ3) is 4.74. The molecule has 1 heterocycles. The van der Waals surface area contributed by atoms with Gasteiger partial charge in [-0.25, -0.2) is 4.39 Å². The zero-order valence-corrected chi connectivity index (χ0v) is 15.6. The molecule has 138 valence electrons. The van der Waals surface area contributed by atoms with Gasteiger partial charge in [-0.2, -0.15) is 0 Å². The van der Waals surface area contributed by atoms with Gasteiger partial charge in [0.2, 0.25) is 5.91 Å². The minimum Gasteiger partial charge on any atom is -0.367 e. The van der Waals surface area contributed by atoms with Crippen molar-refractivity contribution in [3.8, 4) is 0 Å². The van der Waals surface area contributed by atoms with E-state index in [0.29, 0.717) is 16.3 Å². The first-order valence-corrected chi connectivity index (χ1v) is 9.24. The fourth-order valence-electron chi connectivity index (χ4n) is 3.22. The second-order valence-corrected chi connectivity index (χ2v) is 6.87. The first-order chi connectivity index (χ1) is 12.5. The second-order valence-electron chi connectivity index (χ2n) is 6.44. The Balaban J connectivity index is 1.72. The van der Waals surface area contributed by atoms with Crippen LogP contribution < -0.4 is 10.2 Å². The lowest BCUT2D eigenvalue weighted by Crippen LogP contribution is -2.46. The number of carbonyl (C=O) groups excluding carboxylic acids is 1. The molecule has 0 spiro atoms. The summed E-state index contributed by atoms with van der Waals surface area (Å²) in [7, 11) is 0. The topological polar surface area (TPSA) is 35.6 Å². The molecule has 1 saturated heterocycles. The van der Waals surface area contributed by atoms with Gasteiger partial charge in [0, 0.05) is 31.2 Å². The first-order valence-electron chi connectivity index (χ1n) is 8.86. The maximum absolute atomic E-state index is 13.3. The number of nitrogens with zero attached hydrogens (tertiary/aromatic N) is 2. The zero-order chi connectivity index (χ0) is 18.5. The van der Waals surface area contributed by atoms with Crippen molar-refractivity contribution in [2.75, 3.05) is 42.9 Å². The van der Waals surface area contributed by atoms with Gasteiger partial charge in [0.1, 0.15) is 5.82 Å². The minimum atomic E-state index is -0.340. The maximum atomic E-state index is 13.3. The average Bonchev–Trinajstić information content (AvgIpc) is 2.62. The number of hydrogen-bond acceptors (Lipinski definition) is 3. The van der Waals surface area contributed by atoms with E-state index in [1.54, 1.807) is 18.2 Å². The number of benzene rings is 2. The third-order valence-corrected chi connectivity index (χ3v) is 4.88. The lowest BCUT2D eigenvalue weighted by atomic mass is 10.1. The van der Waals surface area contributed by atoms with Crippen LogP contribution in [0.1, 0.15) is 12.5 Å². The van der Waals surface area contributed by atoms with Crippen LogP contribution in [0.2, 0.25) is 5.02 Å². The van der Waals surface area contributed by atoms with Crippen molar-refractivity contribution in [1.29, 1.82) is 0 Å². The van der Waals surface area contributed by atoms with Crippen molar-refractivity contribution in [2.45, 2.75) is 13.3 Å². The molecule has 0 unspecified atom stereocenters. The summed E-state index contributed by atoms with van der Waals surface area (Å²) >= 11 is 6.14. The first kappa shape index (κ1) is 18.7.